The van der Waals surface area contributed by atoms with Crippen LogP contribution in [0.1, 0.15) is 18.4 Å². The lowest BCUT2D eigenvalue weighted by molar-refractivity contribution is -0.130. The summed E-state index contributed by atoms with van der Waals surface area (Å²) in [4.78, 5) is 12.6. The molecule has 0 atom stereocenters. The molecule has 1 fully saturated rings. The van der Waals surface area contributed by atoms with E-state index < -0.39 is 5.41 Å². The Morgan fingerprint density at radius 3 is 2.79 bits per heavy atom. The zero-order chi connectivity index (χ0) is 13.7. The van der Waals surface area contributed by atoms with E-state index in [4.69, 9.17) is 4.74 Å². The minimum absolute atomic E-state index is 0.0708. The topological polar surface area (TPSA) is 50.4 Å². The molecule has 0 bridgehead atoms. The van der Waals surface area contributed by atoms with Crippen LogP contribution in [0, 0.1) is 12.3 Å². The molecule has 1 aliphatic heterocycles. The normalized spacial score (nSPS) is 18.0. The Hall–Kier alpha value is -1.39. The Morgan fingerprint density at radius 1 is 1.42 bits per heavy atom. The number of amides is 1. The summed E-state index contributed by atoms with van der Waals surface area (Å²) >= 11 is 0. The number of hydrogen-bond acceptors (Lipinski definition) is 3. The van der Waals surface area contributed by atoms with Gasteiger partial charge in [-0.2, -0.15) is 0 Å². The minimum atomic E-state index is -0.399. The van der Waals surface area contributed by atoms with Crippen LogP contribution in [0.4, 0.5) is 5.69 Å². The fourth-order valence-corrected chi connectivity index (χ4v) is 2.61. The molecule has 1 aliphatic rings. The second-order valence-electron chi connectivity index (χ2n) is 5.29. The molecule has 0 aromatic heterocycles. The Balaban J connectivity index is 2.11. The van der Waals surface area contributed by atoms with Crippen LogP contribution in [0.5, 0.6) is 0 Å². The summed E-state index contributed by atoms with van der Waals surface area (Å²) < 4.78 is 5.28. The zero-order valence-corrected chi connectivity index (χ0v) is 11.7. The third-order valence-corrected chi connectivity index (χ3v) is 3.74. The van der Waals surface area contributed by atoms with Crippen molar-refractivity contribution in [3.8, 4) is 0 Å². The fraction of sp³-hybridized carbons (Fsp3) is 0.533. The van der Waals surface area contributed by atoms with Crippen LogP contribution in [-0.2, 0) is 9.53 Å². The van der Waals surface area contributed by atoms with E-state index in [-0.39, 0.29) is 5.91 Å². The van der Waals surface area contributed by atoms with Crippen LogP contribution in [-0.4, -0.2) is 32.7 Å². The van der Waals surface area contributed by atoms with Gasteiger partial charge in [-0.15, -0.1) is 0 Å². The number of anilines is 1. The van der Waals surface area contributed by atoms with E-state index in [0.29, 0.717) is 6.61 Å². The predicted molar refractivity (Wildman–Crippen MR) is 76.2 cm³/mol. The monoisotopic (exact) mass is 262 g/mol. The first-order valence-corrected chi connectivity index (χ1v) is 6.74. The van der Waals surface area contributed by atoms with Crippen molar-refractivity contribution in [2.45, 2.75) is 19.8 Å². The molecule has 1 aromatic rings. The van der Waals surface area contributed by atoms with Gasteiger partial charge < -0.3 is 15.4 Å². The molecule has 19 heavy (non-hydrogen) atoms. The zero-order valence-electron chi connectivity index (χ0n) is 11.7. The molecule has 1 saturated heterocycles. The minimum Gasteiger partial charge on any atom is -0.384 e. The number of ether oxygens (including phenoxy) is 1. The van der Waals surface area contributed by atoms with Gasteiger partial charge in [-0.05, 0) is 50.6 Å². The highest BCUT2D eigenvalue weighted by Gasteiger charge is 2.39. The number of hydrogen-bond donors (Lipinski definition) is 2. The second-order valence-corrected chi connectivity index (χ2v) is 5.29. The number of rotatable bonds is 4. The van der Waals surface area contributed by atoms with Crippen molar-refractivity contribution in [1.82, 2.24) is 5.32 Å². The van der Waals surface area contributed by atoms with Crippen LogP contribution in [0.15, 0.2) is 24.3 Å². The number of aryl methyl sites for hydroxylation is 1. The van der Waals surface area contributed by atoms with Gasteiger partial charge in [-0.25, -0.2) is 0 Å². The first kappa shape index (κ1) is 14.0. The summed E-state index contributed by atoms with van der Waals surface area (Å²) in [6.07, 6.45) is 1.64. The molecule has 2 N–H and O–H groups in total. The van der Waals surface area contributed by atoms with Gasteiger partial charge in [0.25, 0.3) is 0 Å². The van der Waals surface area contributed by atoms with Gasteiger partial charge in [0.1, 0.15) is 0 Å². The summed E-state index contributed by atoms with van der Waals surface area (Å²) in [6.45, 7) is 4.23. The molecule has 0 saturated carbocycles. The van der Waals surface area contributed by atoms with Crippen LogP contribution in [0.25, 0.3) is 0 Å². The quantitative estimate of drug-likeness (QED) is 0.872. The van der Waals surface area contributed by atoms with Crippen molar-refractivity contribution in [3.63, 3.8) is 0 Å². The summed E-state index contributed by atoms with van der Waals surface area (Å²) in [5.41, 5.74) is 1.60. The lowest BCUT2D eigenvalue weighted by Crippen LogP contribution is -2.47. The fourth-order valence-electron chi connectivity index (χ4n) is 2.61. The van der Waals surface area contributed by atoms with Crippen molar-refractivity contribution in [2.75, 3.05) is 32.1 Å². The number of carbonyl (C=O) groups is 1. The largest absolute Gasteiger partial charge is 0.384 e. The average Bonchev–Trinajstić information content (AvgIpc) is 2.40. The maximum atomic E-state index is 12.6. The lowest BCUT2D eigenvalue weighted by atomic mass is 9.78. The molecule has 0 aliphatic carbocycles. The predicted octanol–water partition coefficient (Wildman–Crippen LogP) is 1.95. The van der Waals surface area contributed by atoms with Gasteiger partial charge in [0, 0.05) is 12.8 Å². The molecular weight excluding hydrogens is 240 g/mol. The Bertz CT molecular complexity index is 434. The van der Waals surface area contributed by atoms with E-state index >= 15 is 0 Å². The Labute approximate surface area is 114 Å². The van der Waals surface area contributed by atoms with Crippen molar-refractivity contribution >= 4 is 11.6 Å². The maximum Gasteiger partial charge on any atom is 0.233 e. The average molecular weight is 262 g/mol. The van der Waals surface area contributed by atoms with Gasteiger partial charge in [0.15, 0.2) is 0 Å². The third-order valence-electron chi connectivity index (χ3n) is 3.74. The molecule has 0 unspecified atom stereocenters. The maximum absolute atomic E-state index is 12.6. The van der Waals surface area contributed by atoms with E-state index in [1.807, 2.05) is 31.2 Å². The molecule has 1 heterocycles. The first-order chi connectivity index (χ1) is 9.16. The van der Waals surface area contributed by atoms with Crippen molar-refractivity contribution < 1.29 is 9.53 Å². The van der Waals surface area contributed by atoms with Crippen molar-refractivity contribution in [1.29, 1.82) is 0 Å². The van der Waals surface area contributed by atoms with Crippen LogP contribution in [0.2, 0.25) is 0 Å². The highest BCUT2D eigenvalue weighted by Crippen LogP contribution is 2.30. The molecule has 104 valence electrons. The summed E-state index contributed by atoms with van der Waals surface area (Å²) in [7, 11) is 1.66. The van der Waals surface area contributed by atoms with Crippen LogP contribution >= 0.6 is 0 Å². The summed E-state index contributed by atoms with van der Waals surface area (Å²) in [6, 6.07) is 7.88. The van der Waals surface area contributed by atoms with E-state index in [1.165, 1.54) is 0 Å². The molecule has 1 aromatic carbocycles. The smallest absolute Gasteiger partial charge is 0.233 e. The van der Waals surface area contributed by atoms with E-state index in [2.05, 4.69) is 10.6 Å². The molecular formula is C15H22N2O2. The molecule has 1 amide bonds. The molecule has 2 rings (SSSR count). The van der Waals surface area contributed by atoms with Crippen molar-refractivity contribution in [2.24, 2.45) is 5.41 Å². The van der Waals surface area contributed by atoms with Gasteiger partial charge >= 0.3 is 0 Å². The standard InChI is InChI=1S/C15H22N2O2/c1-12-4-3-5-13(10-12)17-14(18)15(11-19-2)6-8-16-9-7-15/h3-5,10,16H,6-9,11H2,1-2H3,(H,17,18). The Morgan fingerprint density at radius 2 is 2.16 bits per heavy atom. The highest BCUT2D eigenvalue weighted by molar-refractivity contribution is 5.95. The van der Waals surface area contributed by atoms with Crippen LogP contribution in [0.3, 0.4) is 0 Å². The van der Waals surface area contributed by atoms with Gasteiger partial charge in [0.2, 0.25) is 5.91 Å². The number of nitrogens with one attached hydrogen (secondary N) is 2. The summed E-state index contributed by atoms with van der Waals surface area (Å²) in [5, 5.41) is 6.32. The number of methoxy groups -OCH3 is 1. The van der Waals surface area contributed by atoms with Crippen molar-refractivity contribution in [3.05, 3.63) is 29.8 Å². The molecule has 0 spiro atoms. The number of benzene rings is 1. The van der Waals surface area contributed by atoms with Gasteiger partial charge in [0.05, 0.1) is 12.0 Å². The van der Waals surface area contributed by atoms with E-state index in [9.17, 15) is 4.79 Å². The van der Waals surface area contributed by atoms with Crippen LogP contribution < -0.4 is 10.6 Å². The molecule has 4 heteroatoms. The highest BCUT2D eigenvalue weighted by atomic mass is 16.5. The van der Waals surface area contributed by atoms with Gasteiger partial charge in [-0.1, -0.05) is 12.1 Å². The molecule has 0 radical (unpaired) electrons. The van der Waals surface area contributed by atoms with E-state index in [1.54, 1.807) is 7.11 Å². The first-order valence-electron chi connectivity index (χ1n) is 6.74. The van der Waals surface area contributed by atoms with Gasteiger partial charge in [-0.3, -0.25) is 4.79 Å². The lowest BCUT2D eigenvalue weighted by Gasteiger charge is -2.35. The second kappa shape index (κ2) is 6.17. The number of carbonyl (C=O) groups excluding carboxylic acids is 1. The number of piperidine rings is 1. The molecule has 4 nitrogen and oxygen atoms in total. The summed E-state index contributed by atoms with van der Waals surface area (Å²) in [5.74, 6) is 0.0708. The Kier molecular flexibility index (Phi) is 4.56. The third kappa shape index (κ3) is 3.33. The van der Waals surface area contributed by atoms with E-state index in [0.717, 1.165) is 37.2 Å². The SMILES string of the molecule is COCC1(C(=O)Nc2cccc(C)c2)CCNCC1.